The van der Waals surface area contributed by atoms with E-state index in [0.717, 1.165) is 11.3 Å². The SMILES string of the molecule is COc1ccccc1NC(C)C(=O)NN=Cc1ccc(Cl)cc1. The summed E-state index contributed by atoms with van der Waals surface area (Å²) < 4.78 is 5.24. The number of halogens is 1. The molecule has 0 radical (unpaired) electrons. The van der Waals surface area contributed by atoms with Gasteiger partial charge < -0.3 is 10.1 Å². The first kappa shape index (κ1) is 16.8. The minimum absolute atomic E-state index is 0.249. The molecule has 0 aliphatic carbocycles. The van der Waals surface area contributed by atoms with Gasteiger partial charge in [-0.1, -0.05) is 35.9 Å². The van der Waals surface area contributed by atoms with Crippen molar-refractivity contribution >= 4 is 29.4 Å². The van der Waals surface area contributed by atoms with Crippen LogP contribution >= 0.6 is 11.6 Å². The van der Waals surface area contributed by atoms with Crippen molar-refractivity contribution in [2.75, 3.05) is 12.4 Å². The second-order valence-corrected chi connectivity index (χ2v) is 5.29. The Morgan fingerprint density at radius 3 is 2.61 bits per heavy atom. The first-order valence-corrected chi connectivity index (χ1v) is 7.46. The summed E-state index contributed by atoms with van der Waals surface area (Å²) in [6.07, 6.45) is 1.56. The van der Waals surface area contributed by atoms with E-state index >= 15 is 0 Å². The van der Waals surface area contributed by atoms with Crippen molar-refractivity contribution in [3.8, 4) is 5.75 Å². The topological polar surface area (TPSA) is 62.7 Å². The van der Waals surface area contributed by atoms with Gasteiger partial charge in [0.2, 0.25) is 0 Å². The first-order valence-electron chi connectivity index (χ1n) is 7.08. The highest BCUT2D eigenvalue weighted by atomic mass is 35.5. The predicted octanol–water partition coefficient (Wildman–Crippen LogP) is 3.30. The molecule has 0 heterocycles. The molecule has 0 aromatic heterocycles. The van der Waals surface area contributed by atoms with Crippen LogP contribution in [0.2, 0.25) is 5.02 Å². The monoisotopic (exact) mass is 331 g/mol. The molecular formula is C17H18ClN3O2. The van der Waals surface area contributed by atoms with Crippen LogP contribution in [0.5, 0.6) is 5.75 Å². The number of methoxy groups -OCH3 is 1. The third-order valence-electron chi connectivity index (χ3n) is 3.13. The molecule has 2 aromatic rings. The summed E-state index contributed by atoms with van der Waals surface area (Å²) >= 11 is 5.81. The van der Waals surface area contributed by atoms with Crippen LogP contribution in [0.1, 0.15) is 12.5 Å². The van der Waals surface area contributed by atoms with Gasteiger partial charge in [-0.25, -0.2) is 5.43 Å². The number of amides is 1. The summed E-state index contributed by atoms with van der Waals surface area (Å²) in [5, 5.41) is 7.68. The van der Waals surface area contributed by atoms with Crippen LogP contribution < -0.4 is 15.5 Å². The third kappa shape index (κ3) is 5.00. The zero-order valence-electron chi connectivity index (χ0n) is 12.9. The summed E-state index contributed by atoms with van der Waals surface area (Å²) in [5.74, 6) is 0.429. The molecule has 1 unspecified atom stereocenters. The molecule has 0 fully saturated rings. The molecule has 23 heavy (non-hydrogen) atoms. The fourth-order valence-corrected chi connectivity index (χ4v) is 2.00. The lowest BCUT2D eigenvalue weighted by Crippen LogP contribution is -2.35. The average Bonchev–Trinajstić information content (AvgIpc) is 2.57. The summed E-state index contributed by atoms with van der Waals surface area (Å²) in [6.45, 7) is 1.75. The summed E-state index contributed by atoms with van der Waals surface area (Å²) in [6, 6.07) is 14.1. The quantitative estimate of drug-likeness (QED) is 0.630. The van der Waals surface area contributed by atoms with Crippen LogP contribution in [-0.2, 0) is 4.79 Å². The van der Waals surface area contributed by atoms with Crippen molar-refractivity contribution in [3.05, 3.63) is 59.1 Å². The van der Waals surface area contributed by atoms with E-state index in [2.05, 4.69) is 15.8 Å². The second-order valence-electron chi connectivity index (χ2n) is 4.85. The zero-order valence-corrected chi connectivity index (χ0v) is 13.7. The number of hydrazone groups is 1. The molecule has 0 spiro atoms. The highest BCUT2D eigenvalue weighted by Crippen LogP contribution is 2.23. The number of hydrogen-bond donors (Lipinski definition) is 2. The molecule has 0 saturated heterocycles. The fraction of sp³-hybridized carbons (Fsp3) is 0.176. The Hall–Kier alpha value is -2.53. The number of ether oxygens (including phenoxy) is 1. The molecule has 0 aliphatic heterocycles. The van der Waals surface area contributed by atoms with Gasteiger partial charge in [0, 0.05) is 5.02 Å². The molecule has 2 aromatic carbocycles. The van der Waals surface area contributed by atoms with E-state index in [4.69, 9.17) is 16.3 Å². The van der Waals surface area contributed by atoms with Crippen molar-refractivity contribution in [2.45, 2.75) is 13.0 Å². The maximum atomic E-state index is 12.0. The van der Waals surface area contributed by atoms with E-state index in [1.165, 1.54) is 0 Å². The molecule has 120 valence electrons. The van der Waals surface area contributed by atoms with Crippen LogP contribution in [-0.4, -0.2) is 25.3 Å². The average molecular weight is 332 g/mol. The number of para-hydroxylation sites is 2. The van der Waals surface area contributed by atoms with Gasteiger partial charge in [0.15, 0.2) is 0 Å². The van der Waals surface area contributed by atoms with E-state index in [0.29, 0.717) is 10.8 Å². The van der Waals surface area contributed by atoms with Crippen LogP contribution in [0.4, 0.5) is 5.69 Å². The number of hydrogen-bond acceptors (Lipinski definition) is 4. The Kier molecular flexibility index (Phi) is 6.00. The Bertz CT molecular complexity index is 686. The molecule has 5 nitrogen and oxygen atoms in total. The van der Waals surface area contributed by atoms with Gasteiger partial charge in [-0.2, -0.15) is 5.10 Å². The molecule has 2 N–H and O–H groups in total. The van der Waals surface area contributed by atoms with E-state index < -0.39 is 6.04 Å². The Balaban J connectivity index is 1.91. The molecule has 0 aliphatic rings. The van der Waals surface area contributed by atoms with Crippen molar-refractivity contribution in [1.29, 1.82) is 0 Å². The standard InChI is InChI=1S/C17H18ClN3O2/c1-12(20-15-5-3-4-6-16(15)23-2)17(22)21-19-11-13-7-9-14(18)10-8-13/h3-12,20H,1-2H3,(H,21,22). The Morgan fingerprint density at radius 2 is 1.91 bits per heavy atom. The van der Waals surface area contributed by atoms with Gasteiger partial charge in [0.05, 0.1) is 19.0 Å². The lowest BCUT2D eigenvalue weighted by Gasteiger charge is -2.15. The Labute approximate surface area is 140 Å². The predicted molar refractivity (Wildman–Crippen MR) is 93.3 cm³/mol. The lowest BCUT2D eigenvalue weighted by molar-refractivity contribution is -0.121. The van der Waals surface area contributed by atoms with Crippen LogP contribution in [0.25, 0.3) is 0 Å². The smallest absolute Gasteiger partial charge is 0.262 e. The van der Waals surface area contributed by atoms with Crippen molar-refractivity contribution < 1.29 is 9.53 Å². The van der Waals surface area contributed by atoms with Gasteiger partial charge in [-0.05, 0) is 36.8 Å². The van der Waals surface area contributed by atoms with E-state index in [1.54, 1.807) is 32.4 Å². The number of benzene rings is 2. The minimum Gasteiger partial charge on any atom is -0.495 e. The number of nitrogens with zero attached hydrogens (tertiary/aromatic N) is 1. The first-order chi connectivity index (χ1) is 11.1. The van der Waals surface area contributed by atoms with Gasteiger partial charge in [0.25, 0.3) is 5.91 Å². The molecular weight excluding hydrogens is 314 g/mol. The summed E-state index contributed by atoms with van der Waals surface area (Å²) in [5.41, 5.74) is 4.09. The summed E-state index contributed by atoms with van der Waals surface area (Å²) in [4.78, 5) is 12.0. The minimum atomic E-state index is -0.464. The van der Waals surface area contributed by atoms with Crippen molar-refractivity contribution in [1.82, 2.24) is 5.43 Å². The summed E-state index contributed by atoms with van der Waals surface area (Å²) in [7, 11) is 1.58. The maximum absolute atomic E-state index is 12.0. The molecule has 0 saturated carbocycles. The number of anilines is 1. The fourth-order valence-electron chi connectivity index (χ4n) is 1.88. The largest absolute Gasteiger partial charge is 0.495 e. The van der Waals surface area contributed by atoms with Gasteiger partial charge in [0.1, 0.15) is 11.8 Å². The lowest BCUT2D eigenvalue weighted by atomic mass is 10.2. The highest BCUT2D eigenvalue weighted by molar-refractivity contribution is 6.30. The highest BCUT2D eigenvalue weighted by Gasteiger charge is 2.13. The molecule has 1 amide bonds. The normalized spacial score (nSPS) is 12.0. The van der Waals surface area contributed by atoms with Gasteiger partial charge in [-0.15, -0.1) is 0 Å². The molecule has 0 bridgehead atoms. The number of nitrogens with one attached hydrogen (secondary N) is 2. The van der Waals surface area contributed by atoms with E-state index in [-0.39, 0.29) is 5.91 Å². The van der Waals surface area contributed by atoms with Gasteiger partial charge >= 0.3 is 0 Å². The molecule has 1 atom stereocenters. The second kappa shape index (κ2) is 8.19. The number of rotatable bonds is 6. The van der Waals surface area contributed by atoms with Crippen LogP contribution in [0.3, 0.4) is 0 Å². The van der Waals surface area contributed by atoms with Gasteiger partial charge in [-0.3, -0.25) is 4.79 Å². The molecule has 6 heteroatoms. The van der Waals surface area contributed by atoms with Crippen LogP contribution in [0, 0.1) is 0 Å². The number of carbonyl (C=O) groups is 1. The number of carbonyl (C=O) groups excluding carboxylic acids is 1. The van der Waals surface area contributed by atoms with Crippen molar-refractivity contribution in [3.63, 3.8) is 0 Å². The maximum Gasteiger partial charge on any atom is 0.262 e. The van der Waals surface area contributed by atoms with E-state index in [1.807, 2.05) is 36.4 Å². The zero-order chi connectivity index (χ0) is 16.7. The van der Waals surface area contributed by atoms with E-state index in [9.17, 15) is 4.79 Å². The van der Waals surface area contributed by atoms with Crippen LogP contribution in [0.15, 0.2) is 53.6 Å². The molecule has 2 rings (SSSR count). The van der Waals surface area contributed by atoms with Crippen molar-refractivity contribution in [2.24, 2.45) is 5.10 Å². The third-order valence-corrected chi connectivity index (χ3v) is 3.38. The Morgan fingerprint density at radius 1 is 1.22 bits per heavy atom.